The number of halogens is 4. The molecular formula is C8H7ClF3N3O2. The molecular weight excluding hydrogens is 263 g/mol. The van der Waals surface area contributed by atoms with Gasteiger partial charge in [0, 0.05) is 6.20 Å². The number of carbonyl (C=O) groups excluding carboxylic acids is 1. The fourth-order valence-electron chi connectivity index (χ4n) is 0.846. The number of aromatic nitrogens is 1. The van der Waals surface area contributed by atoms with Gasteiger partial charge < -0.3 is 4.74 Å². The first-order valence-electron chi connectivity index (χ1n) is 4.17. The molecule has 0 saturated carbocycles. The highest BCUT2D eigenvalue weighted by atomic mass is 35.5. The standard InChI is InChI=1S/C8H7ClF3N3O2/c1-17-7(16)15-14-6-5(9)2-4(3-13-6)8(10,11)12/h2-3H,1H3,(H,13,14)(H,15,16). The summed E-state index contributed by atoms with van der Waals surface area (Å²) in [5, 5.41) is -0.281. The maximum absolute atomic E-state index is 12.3. The highest BCUT2D eigenvalue weighted by Gasteiger charge is 2.31. The highest BCUT2D eigenvalue weighted by Crippen LogP contribution is 2.32. The molecule has 0 unspecified atom stereocenters. The van der Waals surface area contributed by atoms with Gasteiger partial charge in [-0.05, 0) is 6.07 Å². The van der Waals surface area contributed by atoms with Crippen LogP contribution in [0.1, 0.15) is 5.56 Å². The van der Waals surface area contributed by atoms with Crippen LogP contribution >= 0.6 is 11.6 Å². The van der Waals surface area contributed by atoms with Gasteiger partial charge in [-0.1, -0.05) is 11.6 Å². The molecule has 0 aliphatic carbocycles. The number of amides is 1. The van der Waals surface area contributed by atoms with Crippen LogP contribution in [-0.2, 0) is 10.9 Å². The molecule has 0 fully saturated rings. The first-order chi connectivity index (χ1) is 7.84. The summed E-state index contributed by atoms with van der Waals surface area (Å²) in [5.41, 5.74) is 3.24. The zero-order valence-corrected chi connectivity index (χ0v) is 9.19. The van der Waals surface area contributed by atoms with E-state index in [-0.39, 0.29) is 10.8 Å². The van der Waals surface area contributed by atoms with Crippen molar-refractivity contribution in [3.8, 4) is 0 Å². The van der Waals surface area contributed by atoms with Crippen molar-refractivity contribution in [1.82, 2.24) is 10.4 Å². The van der Waals surface area contributed by atoms with Crippen LogP contribution in [0.5, 0.6) is 0 Å². The first-order valence-corrected chi connectivity index (χ1v) is 4.55. The molecule has 0 spiro atoms. The number of ether oxygens (including phenoxy) is 1. The van der Waals surface area contributed by atoms with E-state index in [1.807, 2.05) is 5.43 Å². The third kappa shape index (κ3) is 3.66. The number of anilines is 1. The van der Waals surface area contributed by atoms with Crippen molar-refractivity contribution < 1.29 is 22.7 Å². The van der Waals surface area contributed by atoms with Crippen molar-refractivity contribution in [3.63, 3.8) is 0 Å². The smallest absolute Gasteiger partial charge is 0.425 e. The maximum atomic E-state index is 12.3. The molecule has 9 heteroatoms. The van der Waals surface area contributed by atoms with E-state index < -0.39 is 17.8 Å². The lowest BCUT2D eigenvalue weighted by Gasteiger charge is -2.10. The molecule has 0 aliphatic rings. The van der Waals surface area contributed by atoms with Crippen molar-refractivity contribution in [1.29, 1.82) is 0 Å². The molecule has 1 heterocycles. The summed E-state index contributed by atoms with van der Waals surface area (Å²) in [7, 11) is 1.12. The van der Waals surface area contributed by atoms with E-state index in [9.17, 15) is 18.0 Å². The molecule has 0 aliphatic heterocycles. The lowest BCUT2D eigenvalue weighted by atomic mass is 10.3. The number of pyridine rings is 1. The van der Waals surface area contributed by atoms with Crippen LogP contribution in [0.2, 0.25) is 5.02 Å². The van der Waals surface area contributed by atoms with Crippen molar-refractivity contribution >= 4 is 23.5 Å². The fourth-order valence-corrected chi connectivity index (χ4v) is 1.06. The van der Waals surface area contributed by atoms with Crippen molar-refractivity contribution in [3.05, 3.63) is 22.8 Å². The van der Waals surface area contributed by atoms with Gasteiger partial charge in [-0.25, -0.2) is 15.2 Å². The Morgan fingerprint density at radius 1 is 1.53 bits per heavy atom. The number of nitrogens with one attached hydrogen (secondary N) is 2. The Balaban J connectivity index is 2.80. The zero-order valence-electron chi connectivity index (χ0n) is 8.43. The SMILES string of the molecule is COC(=O)NNc1ncc(C(F)(F)F)cc1Cl. The third-order valence-corrected chi connectivity index (χ3v) is 1.92. The second-order valence-electron chi connectivity index (χ2n) is 2.79. The molecule has 2 N–H and O–H groups in total. The molecule has 0 aromatic carbocycles. The minimum Gasteiger partial charge on any atom is -0.452 e. The summed E-state index contributed by atoms with van der Waals surface area (Å²) >= 11 is 5.54. The van der Waals surface area contributed by atoms with Crippen LogP contribution in [0.3, 0.4) is 0 Å². The second-order valence-corrected chi connectivity index (χ2v) is 3.20. The number of hydrogen-bond donors (Lipinski definition) is 2. The van der Waals surface area contributed by atoms with E-state index in [2.05, 4.69) is 15.1 Å². The molecule has 1 aromatic heterocycles. The van der Waals surface area contributed by atoms with E-state index in [0.717, 1.165) is 7.11 Å². The molecule has 0 atom stereocenters. The predicted molar refractivity (Wildman–Crippen MR) is 53.4 cm³/mol. The quantitative estimate of drug-likeness (QED) is 0.810. The van der Waals surface area contributed by atoms with Crippen LogP contribution in [0.25, 0.3) is 0 Å². The van der Waals surface area contributed by atoms with E-state index in [1.54, 1.807) is 0 Å². The Kier molecular flexibility index (Phi) is 4.00. The van der Waals surface area contributed by atoms with Gasteiger partial charge in [0.25, 0.3) is 0 Å². The van der Waals surface area contributed by atoms with Gasteiger partial charge in [-0.3, -0.25) is 5.43 Å². The summed E-state index contributed by atoms with van der Waals surface area (Å²) in [4.78, 5) is 14.1. The molecule has 0 saturated heterocycles. The number of hydrazine groups is 1. The first kappa shape index (κ1) is 13.4. The minimum atomic E-state index is -4.52. The topological polar surface area (TPSA) is 63.2 Å². The molecule has 0 bridgehead atoms. The molecule has 17 heavy (non-hydrogen) atoms. The van der Waals surface area contributed by atoms with Gasteiger partial charge in [0.15, 0.2) is 5.82 Å². The molecule has 1 amide bonds. The summed E-state index contributed by atoms with van der Waals surface area (Å²) in [6, 6.07) is 0.690. The Morgan fingerprint density at radius 3 is 2.65 bits per heavy atom. The Labute approximate surface area is 98.9 Å². The van der Waals surface area contributed by atoms with Gasteiger partial charge >= 0.3 is 12.3 Å². The lowest BCUT2D eigenvalue weighted by molar-refractivity contribution is -0.137. The van der Waals surface area contributed by atoms with E-state index >= 15 is 0 Å². The summed E-state index contributed by atoms with van der Waals surface area (Å²) < 4.78 is 41.0. The Bertz CT molecular complexity index is 425. The van der Waals surface area contributed by atoms with Crippen LogP contribution in [0.4, 0.5) is 23.8 Å². The number of nitrogens with zero attached hydrogens (tertiary/aromatic N) is 1. The molecule has 0 radical (unpaired) electrons. The van der Waals surface area contributed by atoms with Crippen LogP contribution in [-0.4, -0.2) is 18.2 Å². The predicted octanol–water partition coefficient (Wildman–Crippen LogP) is 2.44. The zero-order chi connectivity index (χ0) is 13.1. The van der Waals surface area contributed by atoms with E-state index in [4.69, 9.17) is 11.6 Å². The number of rotatable bonds is 2. The van der Waals surface area contributed by atoms with E-state index in [1.165, 1.54) is 0 Å². The monoisotopic (exact) mass is 269 g/mol. The number of hydrogen-bond acceptors (Lipinski definition) is 4. The van der Waals surface area contributed by atoms with Crippen LogP contribution in [0.15, 0.2) is 12.3 Å². The lowest BCUT2D eigenvalue weighted by Crippen LogP contribution is -2.29. The van der Waals surface area contributed by atoms with Gasteiger partial charge in [0.05, 0.1) is 17.7 Å². The summed E-state index contributed by atoms with van der Waals surface area (Å²) in [6.45, 7) is 0. The van der Waals surface area contributed by atoms with Gasteiger partial charge in [-0.15, -0.1) is 0 Å². The molecule has 94 valence electrons. The van der Waals surface area contributed by atoms with Crippen molar-refractivity contribution in [2.45, 2.75) is 6.18 Å². The van der Waals surface area contributed by atoms with Crippen LogP contribution < -0.4 is 10.9 Å². The minimum absolute atomic E-state index is 0.120. The van der Waals surface area contributed by atoms with Crippen molar-refractivity contribution in [2.24, 2.45) is 0 Å². The van der Waals surface area contributed by atoms with E-state index in [0.29, 0.717) is 12.3 Å². The summed E-state index contributed by atoms with van der Waals surface area (Å²) in [6.07, 6.45) is -4.76. The number of carbonyl (C=O) groups is 1. The van der Waals surface area contributed by atoms with Crippen molar-refractivity contribution in [2.75, 3.05) is 12.5 Å². The van der Waals surface area contributed by atoms with Gasteiger partial charge in [-0.2, -0.15) is 13.2 Å². The number of methoxy groups -OCH3 is 1. The molecule has 5 nitrogen and oxygen atoms in total. The maximum Gasteiger partial charge on any atom is 0.425 e. The molecule has 1 aromatic rings. The Morgan fingerprint density at radius 2 is 2.18 bits per heavy atom. The average Bonchev–Trinajstić information content (AvgIpc) is 2.25. The summed E-state index contributed by atoms with van der Waals surface area (Å²) in [5.74, 6) is -0.120. The molecule has 1 rings (SSSR count). The highest BCUT2D eigenvalue weighted by molar-refractivity contribution is 6.32. The fraction of sp³-hybridized carbons (Fsp3) is 0.250. The number of alkyl halides is 3. The van der Waals surface area contributed by atoms with Crippen LogP contribution in [0, 0.1) is 0 Å². The third-order valence-electron chi connectivity index (χ3n) is 1.64. The van der Waals surface area contributed by atoms with Gasteiger partial charge in [0.2, 0.25) is 0 Å². The largest absolute Gasteiger partial charge is 0.452 e. The second kappa shape index (κ2) is 5.09. The average molecular weight is 270 g/mol. The van der Waals surface area contributed by atoms with Gasteiger partial charge in [0.1, 0.15) is 0 Å². The Hall–Kier alpha value is -1.70. The normalized spacial score (nSPS) is 10.9.